The molecule has 6 nitrogen and oxygen atoms in total. The first-order valence-electron chi connectivity index (χ1n) is 5.59. The van der Waals surface area contributed by atoms with Crippen LogP contribution in [0, 0.1) is 5.92 Å². The molecule has 6 heteroatoms. The minimum Gasteiger partial charge on any atom is -0.481 e. The van der Waals surface area contributed by atoms with Crippen molar-refractivity contribution >= 4 is 12.1 Å². The molecule has 1 heterocycles. The first kappa shape index (κ1) is 13.8. The van der Waals surface area contributed by atoms with Gasteiger partial charge in [0.05, 0.1) is 18.6 Å². The lowest BCUT2D eigenvalue weighted by Gasteiger charge is -2.28. The van der Waals surface area contributed by atoms with Crippen molar-refractivity contribution in [1.29, 1.82) is 0 Å². The van der Waals surface area contributed by atoms with Crippen molar-refractivity contribution in [3.8, 4) is 0 Å². The highest BCUT2D eigenvalue weighted by Crippen LogP contribution is 2.26. The molecule has 98 valence electrons. The zero-order valence-corrected chi connectivity index (χ0v) is 10.3. The van der Waals surface area contributed by atoms with Crippen molar-refractivity contribution < 1.29 is 24.5 Å². The molecule has 0 aromatic rings. The van der Waals surface area contributed by atoms with E-state index in [1.807, 2.05) is 0 Å². The van der Waals surface area contributed by atoms with E-state index in [1.54, 1.807) is 20.8 Å². The number of ether oxygens (including phenoxy) is 1. The molecule has 17 heavy (non-hydrogen) atoms. The molecule has 0 radical (unpaired) electrons. The van der Waals surface area contributed by atoms with Gasteiger partial charge in [-0.25, -0.2) is 4.79 Å². The lowest BCUT2D eigenvalue weighted by molar-refractivity contribution is -0.142. The zero-order chi connectivity index (χ0) is 13.2. The third-order valence-corrected chi connectivity index (χ3v) is 2.68. The van der Waals surface area contributed by atoms with Crippen LogP contribution in [0.1, 0.15) is 27.2 Å². The van der Waals surface area contributed by atoms with Gasteiger partial charge in [-0.05, 0) is 27.2 Å². The number of aliphatic carboxylic acids is 1. The molecule has 0 aromatic heterocycles. The Morgan fingerprint density at radius 2 is 2.00 bits per heavy atom. The van der Waals surface area contributed by atoms with Crippen molar-refractivity contribution in [2.45, 2.75) is 38.8 Å². The monoisotopic (exact) mass is 245 g/mol. The van der Waals surface area contributed by atoms with E-state index < -0.39 is 29.6 Å². The van der Waals surface area contributed by atoms with Crippen LogP contribution < -0.4 is 0 Å². The van der Waals surface area contributed by atoms with E-state index in [2.05, 4.69) is 0 Å². The van der Waals surface area contributed by atoms with E-state index in [9.17, 15) is 14.7 Å². The van der Waals surface area contributed by atoms with Gasteiger partial charge in [0, 0.05) is 6.54 Å². The van der Waals surface area contributed by atoms with Gasteiger partial charge in [-0.1, -0.05) is 0 Å². The number of carbonyl (C=O) groups excluding carboxylic acids is 1. The Morgan fingerprint density at radius 1 is 1.41 bits per heavy atom. The first-order chi connectivity index (χ1) is 7.76. The summed E-state index contributed by atoms with van der Waals surface area (Å²) in [5, 5.41) is 18.1. The minimum atomic E-state index is -0.991. The number of carboxylic acids is 1. The van der Waals surface area contributed by atoms with Gasteiger partial charge < -0.3 is 19.8 Å². The summed E-state index contributed by atoms with van der Waals surface area (Å²) in [6.07, 6.45) is -0.222. The number of carbonyl (C=O) groups is 2. The van der Waals surface area contributed by atoms with Crippen LogP contribution in [0.25, 0.3) is 0 Å². The SMILES string of the molecule is CC(C)(C)OC(=O)N1CC[C@H](C(=O)O)[C@H]1CO. The minimum absolute atomic E-state index is 0.303. The van der Waals surface area contributed by atoms with Crippen molar-refractivity contribution in [2.24, 2.45) is 5.92 Å². The summed E-state index contributed by atoms with van der Waals surface area (Å²) in [5.41, 5.74) is -0.627. The van der Waals surface area contributed by atoms with E-state index in [0.29, 0.717) is 13.0 Å². The molecule has 0 spiro atoms. The van der Waals surface area contributed by atoms with Crippen LogP contribution in [0.5, 0.6) is 0 Å². The molecule has 0 unspecified atom stereocenters. The largest absolute Gasteiger partial charge is 0.481 e. The van der Waals surface area contributed by atoms with E-state index in [4.69, 9.17) is 9.84 Å². The van der Waals surface area contributed by atoms with Crippen LogP contribution in [-0.2, 0) is 9.53 Å². The molecule has 1 rings (SSSR count). The number of aliphatic hydroxyl groups is 1. The highest BCUT2D eigenvalue weighted by molar-refractivity contribution is 5.75. The number of carboxylic acid groups (broad SMARTS) is 1. The number of likely N-dealkylation sites (tertiary alicyclic amines) is 1. The molecule has 0 aliphatic carbocycles. The summed E-state index contributed by atoms with van der Waals surface area (Å²) >= 11 is 0. The molecular weight excluding hydrogens is 226 g/mol. The average Bonchev–Trinajstić information content (AvgIpc) is 2.57. The van der Waals surface area contributed by atoms with E-state index in [-0.39, 0.29) is 6.61 Å². The summed E-state index contributed by atoms with van der Waals surface area (Å²) in [6.45, 7) is 5.16. The van der Waals surface area contributed by atoms with Gasteiger partial charge in [0.1, 0.15) is 5.60 Å². The average molecular weight is 245 g/mol. The summed E-state index contributed by atoms with van der Waals surface area (Å²) in [6, 6.07) is -0.692. The van der Waals surface area contributed by atoms with Gasteiger partial charge in [-0.2, -0.15) is 0 Å². The molecule has 1 aliphatic rings. The van der Waals surface area contributed by atoms with Crippen LogP contribution in [0.4, 0.5) is 4.79 Å². The number of hydrogen-bond acceptors (Lipinski definition) is 4. The normalized spacial score (nSPS) is 24.8. The topological polar surface area (TPSA) is 87.1 Å². The number of amides is 1. The first-order valence-corrected chi connectivity index (χ1v) is 5.59. The standard InChI is InChI=1S/C11H19NO5/c1-11(2,3)17-10(16)12-5-4-7(9(14)15)8(12)6-13/h7-8,13H,4-6H2,1-3H3,(H,14,15)/t7-,8+/m0/s1. The summed E-state index contributed by atoms with van der Waals surface area (Å²) in [5.74, 6) is -1.71. The fourth-order valence-corrected chi connectivity index (χ4v) is 1.91. The maximum absolute atomic E-state index is 11.8. The number of nitrogens with zero attached hydrogens (tertiary/aromatic N) is 1. The Balaban J connectivity index is 2.72. The van der Waals surface area contributed by atoms with Crippen molar-refractivity contribution in [3.63, 3.8) is 0 Å². The van der Waals surface area contributed by atoms with Crippen molar-refractivity contribution in [2.75, 3.05) is 13.2 Å². The highest BCUT2D eigenvalue weighted by Gasteiger charge is 2.42. The summed E-state index contributed by atoms with van der Waals surface area (Å²) in [7, 11) is 0. The third kappa shape index (κ3) is 3.33. The summed E-state index contributed by atoms with van der Waals surface area (Å²) < 4.78 is 5.16. The van der Waals surface area contributed by atoms with Crippen LogP contribution in [-0.4, -0.2) is 52.0 Å². The molecule has 1 saturated heterocycles. The Labute approximate surface area is 100 Å². The van der Waals surface area contributed by atoms with Gasteiger partial charge in [-0.15, -0.1) is 0 Å². The quantitative estimate of drug-likeness (QED) is 0.747. The van der Waals surface area contributed by atoms with Crippen molar-refractivity contribution in [3.05, 3.63) is 0 Å². The second kappa shape index (κ2) is 4.91. The van der Waals surface area contributed by atoms with Crippen LogP contribution >= 0.6 is 0 Å². The predicted molar refractivity (Wildman–Crippen MR) is 59.6 cm³/mol. The van der Waals surface area contributed by atoms with Crippen LogP contribution in [0.15, 0.2) is 0 Å². The summed E-state index contributed by atoms with van der Waals surface area (Å²) in [4.78, 5) is 24.0. The maximum atomic E-state index is 11.8. The molecule has 1 aliphatic heterocycles. The fraction of sp³-hybridized carbons (Fsp3) is 0.818. The number of rotatable bonds is 2. The van der Waals surface area contributed by atoms with Crippen molar-refractivity contribution in [1.82, 2.24) is 4.90 Å². The van der Waals surface area contributed by atoms with E-state index in [0.717, 1.165) is 0 Å². The molecule has 1 fully saturated rings. The fourth-order valence-electron chi connectivity index (χ4n) is 1.91. The van der Waals surface area contributed by atoms with Gasteiger partial charge in [0.15, 0.2) is 0 Å². The molecule has 0 saturated carbocycles. The molecule has 2 atom stereocenters. The Hall–Kier alpha value is -1.30. The molecule has 0 aromatic carbocycles. The van der Waals surface area contributed by atoms with E-state index >= 15 is 0 Å². The maximum Gasteiger partial charge on any atom is 0.410 e. The third-order valence-electron chi connectivity index (χ3n) is 2.68. The second-order valence-electron chi connectivity index (χ2n) is 5.16. The Kier molecular flexibility index (Phi) is 3.98. The van der Waals surface area contributed by atoms with Crippen LogP contribution in [0.3, 0.4) is 0 Å². The highest BCUT2D eigenvalue weighted by atomic mass is 16.6. The Bertz CT molecular complexity index is 309. The van der Waals surface area contributed by atoms with Gasteiger partial charge >= 0.3 is 12.1 Å². The zero-order valence-electron chi connectivity index (χ0n) is 10.3. The predicted octanol–water partition coefficient (Wildman–Crippen LogP) is 0.689. The Morgan fingerprint density at radius 3 is 2.41 bits per heavy atom. The van der Waals surface area contributed by atoms with E-state index in [1.165, 1.54) is 4.90 Å². The molecule has 2 N–H and O–H groups in total. The smallest absolute Gasteiger partial charge is 0.410 e. The number of aliphatic hydroxyl groups excluding tert-OH is 1. The van der Waals surface area contributed by atoms with Gasteiger partial charge in [0.2, 0.25) is 0 Å². The lowest BCUT2D eigenvalue weighted by atomic mass is 10.0. The van der Waals surface area contributed by atoms with Gasteiger partial charge in [0.25, 0.3) is 0 Å². The molecule has 0 bridgehead atoms. The lowest BCUT2D eigenvalue weighted by Crippen LogP contribution is -2.44. The molecule has 1 amide bonds. The van der Waals surface area contributed by atoms with Gasteiger partial charge in [-0.3, -0.25) is 4.79 Å². The number of hydrogen-bond donors (Lipinski definition) is 2. The second-order valence-corrected chi connectivity index (χ2v) is 5.16. The van der Waals surface area contributed by atoms with Crippen LogP contribution in [0.2, 0.25) is 0 Å². The molecular formula is C11H19NO5.